The van der Waals surface area contributed by atoms with Gasteiger partial charge in [-0.3, -0.25) is 14.7 Å². The predicted molar refractivity (Wildman–Crippen MR) is 124 cm³/mol. The van der Waals surface area contributed by atoms with Crippen LogP contribution in [0.5, 0.6) is 5.75 Å². The van der Waals surface area contributed by atoms with Crippen molar-refractivity contribution in [3.8, 4) is 5.75 Å². The average Bonchev–Trinajstić information content (AvgIpc) is 2.83. The molecule has 5 rings (SSSR count). The van der Waals surface area contributed by atoms with Crippen LogP contribution in [0.2, 0.25) is 0 Å². The van der Waals surface area contributed by atoms with E-state index >= 15 is 0 Å². The number of benzene rings is 2. The molecule has 0 aliphatic carbocycles. The smallest absolute Gasteiger partial charge is 0.226 e. The number of halogens is 1. The minimum absolute atomic E-state index is 0.0682. The number of pyridine rings is 1. The molecule has 2 atom stereocenters. The molecule has 6 heteroatoms. The molecule has 0 N–H and O–H groups in total. The molecular weight excluding hydrogens is 417 g/mol. The lowest BCUT2D eigenvalue weighted by atomic mass is 9.87. The van der Waals surface area contributed by atoms with Gasteiger partial charge in [0.15, 0.2) is 0 Å². The lowest BCUT2D eigenvalue weighted by molar-refractivity contribution is -0.134. The van der Waals surface area contributed by atoms with Gasteiger partial charge in [-0.1, -0.05) is 30.3 Å². The Morgan fingerprint density at radius 2 is 1.76 bits per heavy atom. The minimum atomic E-state index is -0.300. The van der Waals surface area contributed by atoms with Gasteiger partial charge >= 0.3 is 0 Å². The van der Waals surface area contributed by atoms with E-state index in [0.29, 0.717) is 6.04 Å². The first-order valence-electron chi connectivity index (χ1n) is 11.6. The van der Waals surface area contributed by atoms with Crippen molar-refractivity contribution in [1.82, 2.24) is 14.8 Å². The van der Waals surface area contributed by atoms with Gasteiger partial charge in [-0.05, 0) is 60.4 Å². The molecule has 3 heterocycles. The Morgan fingerprint density at radius 3 is 2.48 bits per heavy atom. The van der Waals surface area contributed by atoms with E-state index in [4.69, 9.17) is 4.74 Å². The van der Waals surface area contributed by atoms with E-state index in [1.165, 1.54) is 17.7 Å². The molecule has 0 radical (unpaired) electrons. The SMILES string of the molecule is O=C(Cc1cccc(F)c1)N1CCC(N2C[C@H](Oc3ccccc3)[C@@H]2c2ccncc2)CC1. The highest BCUT2D eigenvalue weighted by atomic mass is 19.1. The van der Waals surface area contributed by atoms with Crippen molar-refractivity contribution in [2.24, 2.45) is 0 Å². The van der Waals surface area contributed by atoms with Crippen LogP contribution >= 0.6 is 0 Å². The monoisotopic (exact) mass is 445 g/mol. The fourth-order valence-electron chi connectivity index (χ4n) is 5.00. The number of likely N-dealkylation sites (tertiary alicyclic amines) is 2. The van der Waals surface area contributed by atoms with Gasteiger partial charge in [0.1, 0.15) is 17.7 Å². The summed E-state index contributed by atoms with van der Waals surface area (Å²) in [4.78, 5) is 21.3. The summed E-state index contributed by atoms with van der Waals surface area (Å²) in [6.45, 7) is 2.31. The largest absolute Gasteiger partial charge is 0.487 e. The Morgan fingerprint density at radius 1 is 1.00 bits per heavy atom. The molecular formula is C27H28FN3O2. The van der Waals surface area contributed by atoms with Crippen LogP contribution in [-0.2, 0) is 11.2 Å². The number of ether oxygens (including phenoxy) is 1. The number of carbonyl (C=O) groups is 1. The highest BCUT2D eigenvalue weighted by molar-refractivity contribution is 5.78. The van der Waals surface area contributed by atoms with Gasteiger partial charge in [0.2, 0.25) is 5.91 Å². The van der Waals surface area contributed by atoms with Gasteiger partial charge in [0, 0.05) is 38.1 Å². The van der Waals surface area contributed by atoms with Crippen molar-refractivity contribution >= 4 is 5.91 Å². The third kappa shape index (κ3) is 4.91. The van der Waals surface area contributed by atoms with Gasteiger partial charge in [-0.25, -0.2) is 4.39 Å². The summed E-state index contributed by atoms with van der Waals surface area (Å²) in [5, 5.41) is 0. The minimum Gasteiger partial charge on any atom is -0.487 e. The van der Waals surface area contributed by atoms with Crippen molar-refractivity contribution in [2.45, 2.75) is 37.5 Å². The Labute approximate surface area is 193 Å². The van der Waals surface area contributed by atoms with Gasteiger partial charge in [-0.2, -0.15) is 0 Å². The van der Waals surface area contributed by atoms with Crippen LogP contribution in [0.15, 0.2) is 79.1 Å². The maximum Gasteiger partial charge on any atom is 0.226 e. The number of amides is 1. The molecule has 2 fully saturated rings. The molecule has 0 saturated carbocycles. The third-order valence-electron chi connectivity index (χ3n) is 6.71. The van der Waals surface area contributed by atoms with Gasteiger partial charge in [0.25, 0.3) is 0 Å². The Bertz CT molecular complexity index is 1070. The van der Waals surface area contributed by atoms with E-state index in [0.717, 1.165) is 43.8 Å². The van der Waals surface area contributed by atoms with E-state index in [9.17, 15) is 9.18 Å². The van der Waals surface area contributed by atoms with E-state index in [1.807, 2.05) is 47.6 Å². The quantitative estimate of drug-likeness (QED) is 0.569. The van der Waals surface area contributed by atoms with E-state index < -0.39 is 0 Å². The molecule has 2 saturated heterocycles. The van der Waals surface area contributed by atoms with Crippen LogP contribution < -0.4 is 4.74 Å². The van der Waals surface area contributed by atoms with Crippen LogP contribution in [0.25, 0.3) is 0 Å². The fraction of sp³-hybridized carbons (Fsp3) is 0.333. The van der Waals surface area contributed by atoms with Crippen molar-refractivity contribution in [1.29, 1.82) is 0 Å². The average molecular weight is 446 g/mol. The fourth-order valence-corrected chi connectivity index (χ4v) is 5.00. The molecule has 2 aromatic carbocycles. The second-order valence-electron chi connectivity index (χ2n) is 8.81. The van der Waals surface area contributed by atoms with Gasteiger partial charge < -0.3 is 9.64 Å². The van der Waals surface area contributed by atoms with Crippen LogP contribution in [0.3, 0.4) is 0 Å². The molecule has 5 nitrogen and oxygen atoms in total. The van der Waals surface area contributed by atoms with Gasteiger partial charge in [0.05, 0.1) is 12.5 Å². The summed E-state index contributed by atoms with van der Waals surface area (Å²) in [7, 11) is 0. The van der Waals surface area contributed by atoms with Crippen LogP contribution in [0, 0.1) is 5.82 Å². The molecule has 0 bridgehead atoms. The van der Waals surface area contributed by atoms with Crippen LogP contribution in [0.1, 0.15) is 30.0 Å². The Kier molecular flexibility index (Phi) is 6.35. The van der Waals surface area contributed by atoms with Crippen molar-refractivity contribution in [3.63, 3.8) is 0 Å². The molecule has 2 aliphatic heterocycles. The standard InChI is InChI=1S/C27H28FN3O2/c28-22-6-4-5-20(17-22)18-26(32)30-15-11-23(12-16-30)31-19-25(33-24-7-2-1-3-8-24)27(31)21-9-13-29-14-10-21/h1-10,13-14,17,23,25,27H,11-12,15-16,18-19H2/t25-,27-/m0/s1. The summed E-state index contributed by atoms with van der Waals surface area (Å²) in [5.41, 5.74) is 1.94. The van der Waals surface area contributed by atoms with Gasteiger partial charge in [-0.15, -0.1) is 0 Å². The summed E-state index contributed by atoms with van der Waals surface area (Å²) in [6.07, 6.45) is 5.85. The Balaban J connectivity index is 1.21. The molecule has 1 aromatic heterocycles. The summed E-state index contributed by atoms with van der Waals surface area (Å²) in [5.74, 6) is 0.656. The van der Waals surface area contributed by atoms with Crippen molar-refractivity contribution in [2.75, 3.05) is 19.6 Å². The first-order valence-corrected chi connectivity index (χ1v) is 11.6. The van der Waals surface area contributed by atoms with E-state index in [1.54, 1.807) is 12.1 Å². The van der Waals surface area contributed by atoms with E-state index in [-0.39, 0.29) is 30.3 Å². The molecule has 0 spiro atoms. The number of carbonyl (C=O) groups excluding carboxylic acids is 1. The van der Waals surface area contributed by atoms with Crippen molar-refractivity contribution < 1.29 is 13.9 Å². The lowest BCUT2D eigenvalue weighted by Crippen LogP contribution is -2.61. The third-order valence-corrected chi connectivity index (χ3v) is 6.71. The normalized spacial score (nSPS) is 21.4. The number of para-hydroxylation sites is 1. The number of aromatic nitrogens is 1. The maximum atomic E-state index is 13.4. The molecule has 0 unspecified atom stereocenters. The van der Waals surface area contributed by atoms with E-state index in [2.05, 4.69) is 22.0 Å². The molecule has 1 amide bonds. The maximum absolute atomic E-state index is 13.4. The Hall–Kier alpha value is -3.25. The molecule has 170 valence electrons. The zero-order valence-electron chi connectivity index (χ0n) is 18.5. The summed E-state index contributed by atoms with van der Waals surface area (Å²) >= 11 is 0. The highest BCUT2D eigenvalue weighted by Gasteiger charge is 2.46. The zero-order valence-corrected chi connectivity index (χ0v) is 18.5. The lowest BCUT2D eigenvalue weighted by Gasteiger charge is -2.53. The highest BCUT2D eigenvalue weighted by Crippen LogP contribution is 2.40. The topological polar surface area (TPSA) is 45.7 Å². The van der Waals surface area contributed by atoms with Crippen LogP contribution in [0.4, 0.5) is 4.39 Å². The summed E-state index contributed by atoms with van der Waals surface area (Å²) in [6, 6.07) is 21.0. The number of nitrogens with zero attached hydrogens (tertiary/aromatic N) is 3. The molecule has 2 aliphatic rings. The molecule has 3 aromatic rings. The number of hydrogen-bond donors (Lipinski definition) is 0. The first-order chi connectivity index (χ1) is 16.2. The van der Waals surface area contributed by atoms with Crippen molar-refractivity contribution in [3.05, 3.63) is 96.1 Å². The second kappa shape index (κ2) is 9.71. The second-order valence-corrected chi connectivity index (χ2v) is 8.81. The number of rotatable bonds is 6. The zero-order chi connectivity index (χ0) is 22.6. The number of piperidine rings is 1. The summed E-state index contributed by atoms with van der Waals surface area (Å²) < 4.78 is 19.8. The predicted octanol–water partition coefficient (Wildman–Crippen LogP) is 4.26. The first kappa shape index (κ1) is 21.6. The van der Waals surface area contributed by atoms with Crippen LogP contribution in [-0.4, -0.2) is 52.5 Å². The molecule has 33 heavy (non-hydrogen) atoms. The number of hydrogen-bond acceptors (Lipinski definition) is 4.